The Hall–Kier alpha value is -1.97. The van der Waals surface area contributed by atoms with Gasteiger partial charge in [-0.05, 0) is 18.8 Å². The van der Waals surface area contributed by atoms with Gasteiger partial charge in [0, 0.05) is 0 Å². The summed E-state index contributed by atoms with van der Waals surface area (Å²) >= 11 is 0. The highest BCUT2D eigenvalue weighted by Crippen LogP contribution is 2.18. The van der Waals surface area contributed by atoms with E-state index in [1.165, 1.54) is 0 Å². The third kappa shape index (κ3) is 6.50. The molecule has 1 rings (SSSR count). The van der Waals surface area contributed by atoms with Gasteiger partial charge in [0.05, 0.1) is 6.07 Å². The van der Waals surface area contributed by atoms with Crippen LogP contribution in [0.25, 0.3) is 0 Å². The Morgan fingerprint density at radius 3 is 2.79 bits per heavy atom. The van der Waals surface area contributed by atoms with Crippen molar-refractivity contribution in [1.29, 1.82) is 5.26 Å². The van der Waals surface area contributed by atoms with Crippen LogP contribution >= 0.6 is 0 Å². The third-order valence-electron chi connectivity index (χ3n) is 2.42. The van der Waals surface area contributed by atoms with Crippen molar-refractivity contribution in [2.75, 3.05) is 6.61 Å². The zero-order chi connectivity index (χ0) is 14.3. The highest BCUT2D eigenvalue weighted by atomic mass is 19.4. The maximum absolute atomic E-state index is 11.8. The highest BCUT2D eigenvalue weighted by molar-refractivity contribution is 5.68. The van der Waals surface area contributed by atoms with E-state index >= 15 is 0 Å². The fraction of sp³-hybridized carbons (Fsp3) is 0.500. The van der Waals surface area contributed by atoms with Crippen molar-refractivity contribution in [2.45, 2.75) is 25.1 Å². The molecule has 0 radical (unpaired) electrons. The Labute approximate surface area is 108 Å². The van der Waals surface area contributed by atoms with Crippen molar-refractivity contribution < 1.29 is 22.7 Å². The number of allylic oxidation sites excluding steroid dienone is 4. The summed E-state index contributed by atoms with van der Waals surface area (Å²) in [7, 11) is 0. The topological polar surface area (TPSA) is 62.1 Å². The van der Waals surface area contributed by atoms with Crippen molar-refractivity contribution in [3.8, 4) is 6.07 Å². The Morgan fingerprint density at radius 2 is 2.26 bits per heavy atom. The molecule has 4 nitrogen and oxygen atoms in total. The van der Waals surface area contributed by atoms with E-state index in [4.69, 9.17) is 5.26 Å². The van der Waals surface area contributed by atoms with E-state index in [9.17, 15) is 18.0 Å². The first kappa shape index (κ1) is 15.1. The lowest BCUT2D eigenvalue weighted by Gasteiger charge is -2.17. The fourth-order valence-corrected chi connectivity index (χ4v) is 1.58. The summed E-state index contributed by atoms with van der Waals surface area (Å²) in [5.41, 5.74) is 0. The van der Waals surface area contributed by atoms with Gasteiger partial charge in [-0.3, -0.25) is 0 Å². The Kier molecular flexibility index (Phi) is 5.42. The summed E-state index contributed by atoms with van der Waals surface area (Å²) in [6.07, 6.45) is 2.74. The number of carbonyl (C=O) groups is 1. The number of alkyl halides is 3. The lowest BCUT2D eigenvalue weighted by Crippen LogP contribution is -2.37. The minimum atomic E-state index is -4.57. The van der Waals surface area contributed by atoms with Crippen LogP contribution in [0.4, 0.5) is 18.0 Å². The van der Waals surface area contributed by atoms with Gasteiger partial charge in [0.2, 0.25) is 0 Å². The van der Waals surface area contributed by atoms with Crippen molar-refractivity contribution in [1.82, 2.24) is 5.32 Å². The predicted molar refractivity (Wildman–Crippen MR) is 60.9 cm³/mol. The molecule has 1 aliphatic rings. The summed E-state index contributed by atoms with van der Waals surface area (Å²) in [6, 6.07) is 0.953. The van der Waals surface area contributed by atoms with Gasteiger partial charge >= 0.3 is 12.3 Å². The smallest absolute Gasteiger partial charge is 0.422 e. The van der Waals surface area contributed by atoms with Crippen LogP contribution in [0.15, 0.2) is 24.3 Å². The van der Waals surface area contributed by atoms with Crippen molar-refractivity contribution in [3.05, 3.63) is 24.3 Å². The van der Waals surface area contributed by atoms with Crippen molar-refractivity contribution in [3.63, 3.8) is 0 Å². The molecule has 0 bridgehead atoms. The maximum atomic E-state index is 11.8. The second-order valence-corrected chi connectivity index (χ2v) is 4.06. The number of ether oxygens (including phenoxy) is 1. The molecule has 0 heterocycles. The molecule has 1 unspecified atom stereocenters. The van der Waals surface area contributed by atoms with Crippen molar-refractivity contribution >= 4 is 6.09 Å². The van der Waals surface area contributed by atoms with Gasteiger partial charge < -0.3 is 10.1 Å². The molecule has 0 aromatic heterocycles. The van der Waals surface area contributed by atoms with E-state index in [1.54, 1.807) is 0 Å². The van der Waals surface area contributed by atoms with Gasteiger partial charge in [-0.25, -0.2) is 4.79 Å². The number of rotatable bonds is 4. The van der Waals surface area contributed by atoms with Gasteiger partial charge in [-0.1, -0.05) is 24.3 Å². The zero-order valence-corrected chi connectivity index (χ0v) is 9.98. The molecule has 19 heavy (non-hydrogen) atoms. The van der Waals surface area contributed by atoms with Gasteiger partial charge in [0.15, 0.2) is 6.61 Å². The largest absolute Gasteiger partial charge is 0.440 e. The number of carbonyl (C=O) groups excluding carboxylic acids is 1. The highest BCUT2D eigenvalue weighted by Gasteiger charge is 2.30. The maximum Gasteiger partial charge on any atom is 0.422 e. The summed E-state index contributed by atoms with van der Waals surface area (Å²) in [4.78, 5) is 11.1. The Balaban J connectivity index is 2.36. The monoisotopic (exact) mass is 274 g/mol. The SMILES string of the molecule is N#C[C@H](CC1C=CC=CC1)NC(=O)OCC(F)(F)F. The van der Waals surface area contributed by atoms with Gasteiger partial charge in [0.25, 0.3) is 0 Å². The summed E-state index contributed by atoms with van der Waals surface area (Å²) in [5.74, 6) is 0.0811. The number of hydrogen-bond acceptors (Lipinski definition) is 3. The van der Waals surface area contributed by atoms with Gasteiger partial charge in [-0.2, -0.15) is 18.4 Å². The number of nitriles is 1. The molecular weight excluding hydrogens is 261 g/mol. The van der Waals surface area contributed by atoms with Crippen molar-refractivity contribution in [2.24, 2.45) is 5.92 Å². The first-order chi connectivity index (χ1) is 8.90. The quantitative estimate of drug-likeness (QED) is 0.857. The third-order valence-corrected chi connectivity index (χ3v) is 2.42. The number of alkyl carbamates (subject to hydrolysis) is 1. The van der Waals surface area contributed by atoms with E-state index in [-0.39, 0.29) is 5.92 Å². The molecule has 0 saturated carbocycles. The standard InChI is InChI=1S/C12H13F3N2O2/c13-12(14,15)8-19-11(18)17-10(7-16)6-9-4-2-1-3-5-9/h1-4,9-10H,5-6,8H2,(H,17,18)/t9?,10-/m0/s1. The minimum absolute atomic E-state index is 0.0811. The molecule has 7 heteroatoms. The number of halogens is 3. The van der Waals surface area contributed by atoms with Crippen LogP contribution < -0.4 is 5.32 Å². The molecular formula is C12H13F3N2O2. The normalized spacial score (nSPS) is 19.6. The predicted octanol–water partition coefficient (Wildman–Crippen LogP) is 2.69. The lowest BCUT2D eigenvalue weighted by molar-refractivity contribution is -0.160. The summed E-state index contributed by atoms with van der Waals surface area (Å²) in [6.45, 7) is -1.66. The van der Waals surface area contributed by atoms with Crippen LogP contribution in [-0.2, 0) is 4.74 Å². The molecule has 0 aromatic rings. The Bertz CT molecular complexity index is 410. The minimum Gasteiger partial charge on any atom is -0.440 e. The number of nitrogens with one attached hydrogen (secondary N) is 1. The van der Waals surface area contributed by atoms with Crippen LogP contribution in [0.1, 0.15) is 12.8 Å². The molecule has 0 saturated heterocycles. The average molecular weight is 274 g/mol. The van der Waals surface area contributed by atoms with Crippen LogP contribution in [-0.4, -0.2) is 24.9 Å². The molecule has 0 aliphatic heterocycles. The van der Waals surface area contributed by atoms with Crippen LogP contribution in [0.2, 0.25) is 0 Å². The van der Waals surface area contributed by atoms with E-state index in [0.717, 1.165) is 6.42 Å². The van der Waals surface area contributed by atoms with Gasteiger partial charge in [-0.15, -0.1) is 0 Å². The summed E-state index contributed by atoms with van der Waals surface area (Å²) in [5, 5.41) is 11.0. The van der Waals surface area contributed by atoms with E-state index in [2.05, 4.69) is 10.1 Å². The molecule has 1 aliphatic carbocycles. The lowest BCUT2D eigenvalue weighted by atomic mass is 9.94. The second-order valence-electron chi connectivity index (χ2n) is 4.06. The number of hydrogen-bond donors (Lipinski definition) is 1. The summed E-state index contributed by atoms with van der Waals surface area (Å²) < 4.78 is 39.4. The van der Waals surface area contributed by atoms with E-state index in [0.29, 0.717) is 6.42 Å². The van der Waals surface area contributed by atoms with E-state index in [1.807, 2.05) is 30.4 Å². The fourth-order valence-electron chi connectivity index (χ4n) is 1.58. The molecule has 1 N–H and O–H groups in total. The molecule has 1 amide bonds. The molecule has 104 valence electrons. The van der Waals surface area contributed by atoms with Gasteiger partial charge in [0.1, 0.15) is 6.04 Å². The van der Waals surface area contributed by atoms with Crippen LogP contribution in [0.3, 0.4) is 0 Å². The molecule has 2 atom stereocenters. The molecule has 0 aromatic carbocycles. The molecule has 0 fully saturated rings. The second kappa shape index (κ2) is 6.83. The zero-order valence-electron chi connectivity index (χ0n) is 9.98. The number of nitrogens with zero attached hydrogens (tertiary/aromatic N) is 1. The first-order valence-corrected chi connectivity index (χ1v) is 5.63. The van der Waals surface area contributed by atoms with Crippen LogP contribution in [0, 0.1) is 17.2 Å². The molecule has 0 spiro atoms. The average Bonchev–Trinajstić information content (AvgIpc) is 2.36. The van der Waals surface area contributed by atoms with Crippen LogP contribution in [0.5, 0.6) is 0 Å². The number of amides is 1. The van der Waals surface area contributed by atoms with E-state index < -0.39 is 24.9 Å². The first-order valence-electron chi connectivity index (χ1n) is 5.63. The Morgan fingerprint density at radius 1 is 1.53 bits per heavy atom.